The van der Waals surface area contributed by atoms with Gasteiger partial charge in [-0.05, 0) is 31.2 Å². The fraction of sp³-hybridized carbons (Fsp3) is 0.688. The molecule has 3 heterocycles. The number of fused-ring (bicyclic) bond motifs is 1. The van der Waals surface area contributed by atoms with E-state index >= 15 is 0 Å². The summed E-state index contributed by atoms with van der Waals surface area (Å²) in [6, 6.07) is 2.03. The van der Waals surface area contributed by atoms with Gasteiger partial charge in [0.25, 0.3) is 5.91 Å². The van der Waals surface area contributed by atoms with Gasteiger partial charge in [-0.25, -0.2) is 0 Å². The van der Waals surface area contributed by atoms with E-state index in [0.29, 0.717) is 30.0 Å². The summed E-state index contributed by atoms with van der Waals surface area (Å²) in [5.41, 5.74) is 0.549. The molecule has 2 unspecified atom stereocenters. The summed E-state index contributed by atoms with van der Waals surface area (Å²) >= 11 is 0. The predicted molar refractivity (Wildman–Crippen MR) is 82.2 cm³/mol. The summed E-state index contributed by atoms with van der Waals surface area (Å²) in [4.78, 5) is 28.6. The van der Waals surface area contributed by atoms with Gasteiger partial charge in [0.2, 0.25) is 5.91 Å². The lowest BCUT2D eigenvalue weighted by Crippen LogP contribution is -2.57. The SMILES string of the molecule is CCCCN1C(=O)CCC2CN(C(=O)c3ccn[nH]3)CCC21. The van der Waals surface area contributed by atoms with Crippen LogP contribution in [0, 0.1) is 5.92 Å². The maximum Gasteiger partial charge on any atom is 0.271 e. The molecular formula is C16H24N4O2. The maximum absolute atomic E-state index is 12.4. The summed E-state index contributed by atoms with van der Waals surface area (Å²) in [7, 11) is 0. The lowest BCUT2D eigenvalue weighted by molar-refractivity contribution is -0.140. The van der Waals surface area contributed by atoms with Crippen LogP contribution in [0.1, 0.15) is 49.5 Å². The van der Waals surface area contributed by atoms with Crippen LogP contribution in [0.3, 0.4) is 0 Å². The Hall–Kier alpha value is -1.85. The molecule has 0 spiro atoms. The fourth-order valence-corrected chi connectivity index (χ4v) is 3.70. The Morgan fingerprint density at radius 3 is 3.05 bits per heavy atom. The second-order valence-corrected chi connectivity index (χ2v) is 6.32. The van der Waals surface area contributed by atoms with E-state index < -0.39 is 0 Å². The summed E-state index contributed by atoms with van der Waals surface area (Å²) < 4.78 is 0. The Morgan fingerprint density at radius 1 is 1.45 bits per heavy atom. The van der Waals surface area contributed by atoms with Gasteiger partial charge in [-0.3, -0.25) is 14.7 Å². The van der Waals surface area contributed by atoms with E-state index in [0.717, 1.165) is 45.3 Å². The molecule has 2 aliphatic rings. The molecule has 0 aromatic carbocycles. The van der Waals surface area contributed by atoms with Crippen molar-refractivity contribution in [3.63, 3.8) is 0 Å². The van der Waals surface area contributed by atoms with Gasteiger partial charge in [0, 0.05) is 38.3 Å². The van der Waals surface area contributed by atoms with Crippen molar-refractivity contribution < 1.29 is 9.59 Å². The standard InChI is InChI=1S/C16H24N4O2/c1-2-3-9-20-14-7-10-19(11-12(14)4-5-15(20)21)16(22)13-6-8-17-18-13/h6,8,12,14H,2-5,7,9-11H2,1H3,(H,17,18). The molecule has 2 saturated heterocycles. The first-order valence-corrected chi connectivity index (χ1v) is 8.28. The third-order valence-electron chi connectivity index (χ3n) is 4.91. The van der Waals surface area contributed by atoms with Crippen molar-refractivity contribution in [1.82, 2.24) is 20.0 Å². The molecule has 2 aliphatic heterocycles. The molecule has 3 rings (SSSR count). The summed E-state index contributed by atoms with van der Waals surface area (Å²) in [5, 5.41) is 6.59. The minimum Gasteiger partial charge on any atom is -0.339 e. The number of H-pyrrole nitrogens is 1. The second-order valence-electron chi connectivity index (χ2n) is 6.32. The number of rotatable bonds is 4. The quantitative estimate of drug-likeness (QED) is 0.920. The van der Waals surface area contributed by atoms with Crippen molar-refractivity contribution in [3.05, 3.63) is 18.0 Å². The molecule has 0 bridgehead atoms. The Balaban J connectivity index is 1.66. The number of piperidine rings is 2. The van der Waals surface area contributed by atoms with Crippen molar-refractivity contribution in [3.8, 4) is 0 Å². The summed E-state index contributed by atoms with van der Waals surface area (Å²) in [5.74, 6) is 0.728. The highest BCUT2D eigenvalue weighted by Gasteiger charge is 2.40. The highest BCUT2D eigenvalue weighted by molar-refractivity contribution is 5.92. The van der Waals surface area contributed by atoms with E-state index in [1.807, 2.05) is 4.90 Å². The zero-order valence-electron chi connectivity index (χ0n) is 13.1. The van der Waals surface area contributed by atoms with Crippen molar-refractivity contribution >= 4 is 11.8 Å². The molecule has 1 aromatic rings. The lowest BCUT2D eigenvalue weighted by Gasteiger charge is -2.47. The van der Waals surface area contributed by atoms with Crippen molar-refractivity contribution in [2.75, 3.05) is 19.6 Å². The summed E-state index contributed by atoms with van der Waals surface area (Å²) in [6.45, 7) is 4.48. The van der Waals surface area contributed by atoms with E-state index in [-0.39, 0.29) is 5.91 Å². The number of aromatic nitrogens is 2. The van der Waals surface area contributed by atoms with E-state index in [1.54, 1.807) is 12.3 Å². The molecule has 1 N–H and O–H groups in total. The maximum atomic E-state index is 12.4. The minimum atomic E-state index is 0.0213. The second kappa shape index (κ2) is 6.50. The monoisotopic (exact) mass is 304 g/mol. The number of carbonyl (C=O) groups is 2. The molecule has 6 heteroatoms. The Labute approximate surface area is 130 Å². The number of amides is 2. The minimum absolute atomic E-state index is 0.0213. The number of hydrogen-bond donors (Lipinski definition) is 1. The zero-order valence-corrected chi connectivity index (χ0v) is 13.1. The van der Waals surface area contributed by atoms with Gasteiger partial charge in [0.15, 0.2) is 0 Å². The number of unbranched alkanes of at least 4 members (excludes halogenated alkanes) is 1. The first kappa shape index (κ1) is 15.1. The van der Waals surface area contributed by atoms with E-state index in [9.17, 15) is 9.59 Å². The molecule has 1 aromatic heterocycles. The third-order valence-corrected chi connectivity index (χ3v) is 4.91. The Morgan fingerprint density at radius 2 is 2.32 bits per heavy atom. The molecular weight excluding hydrogens is 280 g/mol. The van der Waals surface area contributed by atoms with Gasteiger partial charge in [-0.15, -0.1) is 0 Å². The van der Waals surface area contributed by atoms with Crippen LogP contribution in [0.4, 0.5) is 0 Å². The number of nitrogens with one attached hydrogen (secondary N) is 1. The lowest BCUT2D eigenvalue weighted by atomic mass is 9.83. The number of carbonyl (C=O) groups excluding carboxylic acids is 2. The number of likely N-dealkylation sites (tertiary alicyclic amines) is 2. The Bertz CT molecular complexity index is 528. The average molecular weight is 304 g/mol. The first-order chi connectivity index (χ1) is 10.7. The first-order valence-electron chi connectivity index (χ1n) is 8.28. The van der Waals surface area contributed by atoms with Gasteiger partial charge in [-0.1, -0.05) is 13.3 Å². The van der Waals surface area contributed by atoms with Crippen LogP contribution in [-0.2, 0) is 4.79 Å². The topological polar surface area (TPSA) is 69.3 Å². The molecule has 6 nitrogen and oxygen atoms in total. The van der Waals surface area contributed by atoms with E-state index in [4.69, 9.17) is 0 Å². The molecule has 22 heavy (non-hydrogen) atoms. The number of hydrogen-bond acceptors (Lipinski definition) is 3. The van der Waals surface area contributed by atoms with Gasteiger partial charge in [0.05, 0.1) is 0 Å². The predicted octanol–water partition coefficient (Wildman–Crippen LogP) is 1.66. The smallest absolute Gasteiger partial charge is 0.271 e. The number of aromatic amines is 1. The molecule has 0 aliphatic carbocycles. The van der Waals surface area contributed by atoms with Crippen LogP contribution < -0.4 is 0 Å². The summed E-state index contributed by atoms with van der Waals surface area (Å²) in [6.07, 6.45) is 6.18. The average Bonchev–Trinajstić information content (AvgIpc) is 3.07. The molecule has 2 atom stereocenters. The van der Waals surface area contributed by atoms with Crippen molar-refractivity contribution in [2.45, 2.75) is 45.1 Å². The number of nitrogens with zero attached hydrogens (tertiary/aromatic N) is 3. The van der Waals surface area contributed by atoms with Crippen LogP contribution in [-0.4, -0.2) is 57.5 Å². The highest BCUT2D eigenvalue weighted by Crippen LogP contribution is 2.31. The molecule has 2 amide bonds. The fourth-order valence-electron chi connectivity index (χ4n) is 3.70. The van der Waals surface area contributed by atoms with Crippen LogP contribution >= 0.6 is 0 Å². The molecule has 120 valence electrons. The largest absolute Gasteiger partial charge is 0.339 e. The normalized spacial score (nSPS) is 25.2. The van der Waals surface area contributed by atoms with Crippen LogP contribution in [0.5, 0.6) is 0 Å². The van der Waals surface area contributed by atoms with Crippen LogP contribution in [0.25, 0.3) is 0 Å². The van der Waals surface area contributed by atoms with Gasteiger partial charge < -0.3 is 9.80 Å². The highest BCUT2D eigenvalue weighted by atomic mass is 16.2. The van der Waals surface area contributed by atoms with Crippen molar-refractivity contribution in [1.29, 1.82) is 0 Å². The van der Waals surface area contributed by atoms with E-state index in [2.05, 4.69) is 22.0 Å². The third kappa shape index (κ3) is 2.87. The van der Waals surface area contributed by atoms with Crippen molar-refractivity contribution in [2.24, 2.45) is 5.92 Å². The van der Waals surface area contributed by atoms with Gasteiger partial charge in [0.1, 0.15) is 5.69 Å². The molecule has 0 saturated carbocycles. The van der Waals surface area contributed by atoms with Gasteiger partial charge in [-0.2, -0.15) is 5.10 Å². The van der Waals surface area contributed by atoms with Gasteiger partial charge >= 0.3 is 0 Å². The zero-order chi connectivity index (χ0) is 15.5. The Kier molecular flexibility index (Phi) is 4.45. The molecule has 0 radical (unpaired) electrons. The van der Waals surface area contributed by atoms with Crippen LogP contribution in [0.2, 0.25) is 0 Å². The van der Waals surface area contributed by atoms with Crippen LogP contribution in [0.15, 0.2) is 12.3 Å². The molecule has 2 fully saturated rings. The van der Waals surface area contributed by atoms with E-state index in [1.165, 1.54) is 0 Å².